The third kappa shape index (κ3) is 6.67. The van der Waals surface area contributed by atoms with Crippen molar-refractivity contribution in [2.75, 3.05) is 17.4 Å². The number of carbonyl (C=O) groups excluding carboxylic acids is 2. The number of sulfonamides is 1. The van der Waals surface area contributed by atoms with Crippen molar-refractivity contribution < 1.29 is 22.4 Å². The molecule has 0 bridgehead atoms. The Morgan fingerprint density at radius 1 is 1.03 bits per heavy atom. The third-order valence-electron chi connectivity index (χ3n) is 5.85. The Morgan fingerprint density at radius 2 is 1.68 bits per heavy atom. The van der Waals surface area contributed by atoms with Gasteiger partial charge in [0, 0.05) is 23.7 Å². The summed E-state index contributed by atoms with van der Waals surface area (Å²) < 4.78 is 43.0. The number of amides is 2. The van der Waals surface area contributed by atoms with Gasteiger partial charge in [-0.2, -0.15) is 0 Å². The van der Waals surface area contributed by atoms with Crippen LogP contribution >= 0.6 is 11.6 Å². The van der Waals surface area contributed by atoms with Crippen LogP contribution in [-0.2, 0) is 26.2 Å². The topological polar surface area (TPSA) is 86.8 Å². The minimum Gasteiger partial charge on any atom is -0.355 e. The summed E-state index contributed by atoms with van der Waals surface area (Å²) in [7, 11) is -4.19. The minimum absolute atomic E-state index is 0.00502. The molecule has 0 aliphatic carbocycles. The molecular weight excluding hydrogens is 517 g/mol. The summed E-state index contributed by atoms with van der Waals surface area (Å²) in [4.78, 5) is 27.6. The molecule has 10 heteroatoms. The average Bonchev–Trinajstić information content (AvgIpc) is 2.87. The van der Waals surface area contributed by atoms with Crippen molar-refractivity contribution in [3.05, 3.63) is 94.8 Å². The monoisotopic (exact) mass is 545 g/mol. The number of rotatable bonds is 10. The Labute approximate surface area is 221 Å². The zero-order valence-electron chi connectivity index (χ0n) is 20.8. The maximum absolute atomic E-state index is 14.5. The van der Waals surface area contributed by atoms with Crippen LogP contribution in [0.25, 0.3) is 0 Å². The van der Waals surface area contributed by atoms with E-state index in [4.69, 9.17) is 11.6 Å². The summed E-state index contributed by atoms with van der Waals surface area (Å²) >= 11 is 6.10. The molecule has 0 spiro atoms. The molecule has 0 saturated carbocycles. The zero-order chi connectivity index (χ0) is 27.2. The second kappa shape index (κ2) is 12.2. The Morgan fingerprint density at radius 3 is 2.30 bits per heavy atom. The van der Waals surface area contributed by atoms with Gasteiger partial charge in [0.05, 0.1) is 10.6 Å². The van der Waals surface area contributed by atoms with Crippen LogP contribution in [0.1, 0.15) is 25.0 Å². The number of nitrogens with one attached hydrogen (secondary N) is 1. The van der Waals surface area contributed by atoms with E-state index in [1.54, 1.807) is 44.2 Å². The van der Waals surface area contributed by atoms with E-state index < -0.39 is 40.2 Å². The van der Waals surface area contributed by atoms with Crippen LogP contribution in [0.3, 0.4) is 0 Å². The highest BCUT2D eigenvalue weighted by Gasteiger charge is 2.33. The van der Waals surface area contributed by atoms with Crippen LogP contribution in [0.4, 0.5) is 10.1 Å². The third-order valence-corrected chi connectivity index (χ3v) is 7.86. The number of likely N-dealkylation sites (N-methyl/N-ethyl adjacent to an activating group) is 1. The molecule has 3 aromatic rings. The lowest BCUT2D eigenvalue weighted by Crippen LogP contribution is -2.51. The maximum atomic E-state index is 14.5. The molecule has 37 heavy (non-hydrogen) atoms. The summed E-state index contributed by atoms with van der Waals surface area (Å²) in [5, 5.41) is 3.08. The van der Waals surface area contributed by atoms with Crippen LogP contribution in [0.2, 0.25) is 5.02 Å². The molecule has 196 valence electrons. The van der Waals surface area contributed by atoms with Gasteiger partial charge in [0.25, 0.3) is 10.0 Å². The predicted octanol–water partition coefficient (Wildman–Crippen LogP) is 4.54. The zero-order valence-corrected chi connectivity index (χ0v) is 22.4. The summed E-state index contributed by atoms with van der Waals surface area (Å²) in [5.74, 6) is -1.64. The molecule has 7 nitrogen and oxygen atoms in total. The largest absolute Gasteiger partial charge is 0.355 e. The number of halogens is 2. The molecule has 1 atom stereocenters. The maximum Gasteiger partial charge on any atom is 0.264 e. The molecule has 3 rings (SSSR count). The van der Waals surface area contributed by atoms with E-state index in [-0.39, 0.29) is 22.7 Å². The van der Waals surface area contributed by atoms with Gasteiger partial charge < -0.3 is 10.2 Å². The van der Waals surface area contributed by atoms with Crippen molar-refractivity contribution in [3.8, 4) is 0 Å². The highest BCUT2D eigenvalue weighted by atomic mass is 35.5. The highest BCUT2D eigenvalue weighted by molar-refractivity contribution is 7.92. The van der Waals surface area contributed by atoms with Crippen LogP contribution < -0.4 is 9.62 Å². The predicted molar refractivity (Wildman–Crippen MR) is 142 cm³/mol. The molecule has 2 amide bonds. The number of benzene rings is 3. The first-order valence-corrected chi connectivity index (χ1v) is 13.5. The van der Waals surface area contributed by atoms with Gasteiger partial charge in [0.2, 0.25) is 11.8 Å². The summed E-state index contributed by atoms with van der Waals surface area (Å²) in [6.45, 7) is 4.45. The highest BCUT2D eigenvalue weighted by Crippen LogP contribution is 2.29. The first-order chi connectivity index (χ1) is 17.6. The number of hydrogen-bond acceptors (Lipinski definition) is 4. The van der Waals surface area contributed by atoms with Crippen LogP contribution in [-0.4, -0.2) is 44.3 Å². The Bertz CT molecular complexity index is 1370. The quantitative estimate of drug-likeness (QED) is 0.405. The van der Waals surface area contributed by atoms with Crippen molar-refractivity contribution in [3.63, 3.8) is 0 Å². The number of aryl methyl sites for hydroxylation is 1. The van der Waals surface area contributed by atoms with Gasteiger partial charge in [-0.25, -0.2) is 12.8 Å². The molecular formula is C27H29ClFN3O4S. The second-order valence-corrected chi connectivity index (χ2v) is 10.7. The van der Waals surface area contributed by atoms with Gasteiger partial charge in [-0.3, -0.25) is 13.9 Å². The van der Waals surface area contributed by atoms with E-state index in [0.29, 0.717) is 17.1 Å². The molecule has 0 saturated heterocycles. The smallest absolute Gasteiger partial charge is 0.264 e. The molecule has 0 heterocycles. The van der Waals surface area contributed by atoms with Gasteiger partial charge in [0.15, 0.2) is 0 Å². The number of nitrogens with zero attached hydrogens (tertiary/aromatic N) is 2. The van der Waals surface area contributed by atoms with E-state index in [9.17, 15) is 22.4 Å². The van der Waals surface area contributed by atoms with E-state index in [1.807, 2.05) is 0 Å². The normalized spacial score (nSPS) is 12.0. The van der Waals surface area contributed by atoms with Gasteiger partial charge in [-0.1, -0.05) is 48.0 Å². The Kier molecular flexibility index (Phi) is 9.29. The van der Waals surface area contributed by atoms with Crippen molar-refractivity contribution in [2.24, 2.45) is 0 Å². The Hall–Kier alpha value is -3.43. The summed E-state index contributed by atoms with van der Waals surface area (Å²) in [6.07, 6.45) is 0. The fourth-order valence-corrected chi connectivity index (χ4v) is 5.57. The SMILES string of the molecule is CCNC(=O)[C@H](C)N(Cc1ccccc1F)C(=O)CN(c1ccc(Cl)cc1C)S(=O)(=O)c1ccccc1. The van der Waals surface area contributed by atoms with Crippen molar-refractivity contribution in [1.29, 1.82) is 0 Å². The van der Waals surface area contributed by atoms with Crippen LogP contribution in [0, 0.1) is 12.7 Å². The molecule has 0 aromatic heterocycles. The molecule has 3 aromatic carbocycles. The first-order valence-electron chi connectivity index (χ1n) is 11.7. The van der Waals surface area contributed by atoms with E-state index in [2.05, 4.69) is 5.32 Å². The molecule has 1 N–H and O–H groups in total. The first kappa shape index (κ1) is 28.1. The summed E-state index contributed by atoms with van der Waals surface area (Å²) in [5.41, 5.74) is 1.00. The lowest BCUT2D eigenvalue weighted by atomic mass is 10.1. The Balaban J connectivity index is 2.07. The molecule has 0 fully saturated rings. The lowest BCUT2D eigenvalue weighted by molar-refractivity contribution is -0.139. The summed E-state index contributed by atoms with van der Waals surface area (Å²) in [6, 6.07) is 17.3. The van der Waals surface area contributed by atoms with Crippen molar-refractivity contribution in [2.45, 2.75) is 38.3 Å². The fourth-order valence-electron chi connectivity index (χ4n) is 3.85. The number of anilines is 1. The number of carbonyl (C=O) groups is 2. The second-order valence-electron chi connectivity index (χ2n) is 8.44. The fraction of sp³-hybridized carbons (Fsp3) is 0.259. The van der Waals surface area contributed by atoms with Gasteiger partial charge in [0.1, 0.15) is 18.4 Å². The molecule has 0 unspecified atom stereocenters. The van der Waals surface area contributed by atoms with Crippen molar-refractivity contribution in [1.82, 2.24) is 10.2 Å². The van der Waals surface area contributed by atoms with Crippen LogP contribution in [0.15, 0.2) is 77.7 Å². The van der Waals surface area contributed by atoms with E-state index in [0.717, 1.165) is 4.31 Å². The molecule has 0 radical (unpaired) electrons. The van der Waals surface area contributed by atoms with Gasteiger partial charge in [-0.15, -0.1) is 0 Å². The van der Waals surface area contributed by atoms with Crippen LogP contribution in [0.5, 0.6) is 0 Å². The van der Waals surface area contributed by atoms with Crippen molar-refractivity contribution >= 4 is 39.1 Å². The standard InChI is InChI=1S/C27H29ClFN3O4S/c1-4-30-27(34)20(3)31(17-21-10-8-9-13-24(21)29)26(33)18-32(25-15-14-22(28)16-19(25)2)37(35,36)23-11-6-5-7-12-23/h5-16,20H,4,17-18H2,1-3H3,(H,30,34)/t20-/m0/s1. The van der Waals surface area contributed by atoms with Gasteiger partial charge >= 0.3 is 0 Å². The van der Waals surface area contributed by atoms with Gasteiger partial charge in [-0.05, 0) is 62.7 Å². The van der Waals surface area contributed by atoms with E-state index in [1.165, 1.54) is 54.3 Å². The molecule has 0 aliphatic heterocycles. The lowest BCUT2D eigenvalue weighted by Gasteiger charge is -2.32. The molecule has 0 aliphatic rings. The number of hydrogen-bond donors (Lipinski definition) is 1. The minimum atomic E-state index is -4.19. The average molecular weight is 546 g/mol. The van der Waals surface area contributed by atoms with E-state index >= 15 is 0 Å².